The number of halogens is 1. The topological polar surface area (TPSA) is 79.4 Å². The molecule has 23 heavy (non-hydrogen) atoms. The molecule has 1 amide bonds. The van der Waals surface area contributed by atoms with Crippen LogP contribution in [-0.2, 0) is 14.8 Å². The van der Waals surface area contributed by atoms with Gasteiger partial charge in [-0.2, -0.15) is 0 Å². The van der Waals surface area contributed by atoms with Gasteiger partial charge in [0.25, 0.3) is 10.0 Å². The van der Waals surface area contributed by atoms with E-state index in [2.05, 4.69) is 10.3 Å². The van der Waals surface area contributed by atoms with Gasteiger partial charge in [0.05, 0.1) is 11.4 Å². The summed E-state index contributed by atoms with van der Waals surface area (Å²) in [6, 6.07) is 7.34. The number of para-hydroxylation sites is 2. The fourth-order valence-electron chi connectivity index (χ4n) is 2.45. The van der Waals surface area contributed by atoms with Gasteiger partial charge in [-0.3, -0.25) is 9.10 Å². The lowest BCUT2D eigenvalue weighted by Gasteiger charge is -2.35. The van der Waals surface area contributed by atoms with E-state index in [1.165, 1.54) is 12.3 Å². The van der Waals surface area contributed by atoms with Crippen molar-refractivity contribution in [2.24, 2.45) is 0 Å². The van der Waals surface area contributed by atoms with Crippen molar-refractivity contribution in [3.8, 4) is 0 Å². The lowest BCUT2D eigenvalue weighted by atomic mass is 10.1. The lowest BCUT2D eigenvalue weighted by Crippen LogP contribution is -2.49. The second kappa shape index (κ2) is 5.50. The van der Waals surface area contributed by atoms with E-state index < -0.39 is 16.1 Å². The Morgan fingerprint density at radius 3 is 2.70 bits per heavy atom. The molecule has 3 rings (SSSR count). The Balaban J connectivity index is 2.18. The first-order valence-electron chi connectivity index (χ1n) is 6.89. The molecule has 8 heteroatoms. The number of anilines is 2. The standard InChI is InChI=1S/C15H14ClN3O3S/c1-9-7-11(8-17-14(9)16)23(21,22)19-10(2)15(20)18-12-5-3-4-6-13(12)19/h3-8,10H,1-2H3,(H,18,20). The SMILES string of the molecule is Cc1cc(S(=O)(=O)N2c3ccccc3NC(=O)C2C)cnc1Cl. The fraction of sp³-hybridized carbons (Fsp3) is 0.200. The normalized spacial score (nSPS) is 17.6. The molecule has 1 aliphatic heterocycles. The third-order valence-corrected chi connectivity index (χ3v) is 5.92. The smallest absolute Gasteiger partial charge is 0.266 e. The summed E-state index contributed by atoms with van der Waals surface area (Å²) in [5, 5.41) is 2.95. The van der Waals surface area contributed by atoms with Crippen molar-refractivity contribution in [1.82, 2.24) is 4.98 Å². The number of hydrogen-bond acceptors (Lipinski definition) is 4. The molecule has 1 aromatic heterocycles. The summed E-state index contributed by atoms with van der Waals surface area (Å²) in [7, 11) is -3.95. The van der Waals surface area contributed by atoms with Crippen LogP contribution in [0.25, 0.3) is 0 Å². The summed E-state index contributed by atoms with van der Waals surface area (Å²) >= 11 is 5.87. The van der Waals surface area contributed by atoms with Crippen molar-refractivity contribution in [2.45, 2.75) is 24.8 Å². The molecular formula is C15H14ClN3O3S. The third kappa shape index (κ3) is 2.55. The molecule has 1 aliphatic rings. The fourth-order valence-corrected chi connectivity index (χ4v) is 4.22. The molecule has 0 saturated heterocycles. The predicted molar refractivity (Wildman–Crippen MR) is 88.2 cm³/mol. The van der Waals surface area contributed by atoms with Crippen molar-refractivity contribution in [3.63, 3.8) is 0 Å². The first-order valence-corrected chi connectivity index (χ1v) is 8.70. The van der Waals surface area contributed by atoms with Crippen LogP contribution in [0, 0.1) is 6.92 Å². The molecule has 1 unspecified atom stereocenters. The molecular weight excluding hydrogens is 338 g/mol. The largest absolute Gasteiger partial charge is 0.322 e. The van der Waals surface area contributed by atoms with Gasteiger partial charge >= 0.3 is 0 Å². The minimum Gasteiger partial charge on any atom is -0.322 e. The average Bonchev–Trinajstić information content (AvgIpc) is 2.50. The summed E-state index contributed by atoms with van der Waals surface area (Å²) in [5.74, 6) is -0.383. The number of fused-ring (bicyclic) bond motifs is 1. The molecule has 0 aliphatic carbocycles. The zero-order valence-electron chi connectivity index (χ0n) is 12.4. The van der Waals surface area contributed by atoms with E-state index >= 15 is 0 Å². The summed E-state index contributed by atoms with van der Waals surface area (Å²) < 4.78 is 27.2. The molecule has 0 fully saturated rings. The Labute approximate surface area is 139 Å². The predicted octanol–water partition coefficient (Wildman–Crippen LogP) is 2.58. The highest BCUT2D eigenvalue weighted by molar-refractivity contribution is 7.93. The average molecular weight is 352 g/mol. The van der Waals surface area contributed by atoms with Crippen LogP contribution < -0.4 is 9.62 Å². The van der Waals surface area contributed by atoms with E-state index in [4.69, 9.17) is 11.6 Å². The number of nitrogens with zero attached hydrogens (tertiary/aromatic N) is 2. The molecule has 0 spiro atoms. The zero-order chi connectivity index (χ0) is 16.8. The number of carbonyl (C=O) groups is 1. The molecule has 6 nitrogen and oxygen atoms in total. The van der Waals surface area contributed by atoms with E-state index in [0.29, 0.717) is 16.9 Å². The number of sulfonamides is 1. The number of hydrogen-bond donors (Lipinski definition) is 1. The molecule has 0 radical (unpaired) electrons. The van der Waals surface area contributed by atoms with Crippen molar-refractivity contribution in [1.29, 1.82) is 0 Å². The van der Waals surface area contributed by atoms with Gasteiger partial charge in [0, 0.05) is 6.20 Å². The van der Waals surface area contributed by atoms with Gasteiger partial charge in [-0.1, -0.05) is 23.7 Å². The minimum absolute atomic E-state index is 0.00393. The van der Waals surface area contributed by atoms with Crippen LogP contribution in [0.3, 0.4) is 0 Å². The summed E-state index contributed by atoms with van der Waals surface area (Å²) in [6.07, 6.45) is 1.20. The second-order valence-electron chi connectivity index (χ2n) is 5.26. The molecule has 2 aromatic rings. The maximum Gasteiger partial charge on any atom is 0.266 e. The maximum absolute atomic E-state index is 13.0. The van der Waals surface area contributed by atoms with Gasteiger partial charge in [0.2, 0.25) is 5.91 Å². The van der Waals surface area contributed by atoms with Gasteiger partial charge in [-0.05, 0) is 37.6 Å². The first-order chi connectivity index (χ1) is 10.8. The van der Waals surface area contributed by atoms with Crippen LogP contribution in [0.2, 0.25) is 5.15 Å². The molecule has 120 valence electrons. The van der Waals surface area contributed by atoms with E-state index in [9.17, 15) is 13.2 Å². The van der Waals surface area contributed by atoms with Crippen LogP contribution >= 0.6 is 11.6 Å². The van der Waals surface area contributed by atoms with Gasteiger partial charge in [0.15, 0.2) is 0 Å². The number of rotatable bonds is 2. The number of nitrogens with one attached hydrogen (secondary N) is 1. The molecule has 0 saturated carbocycles. The monoisotopic (exact) mass is 351 g/mol. The highest BCUT2D eigenvalue weighted by Gasteiger charge is 2.38. The quantitative estimate of drug-likeness (QED) is 0.843. The summed E-state index contributed by atoms with van der Waals surface area (Å²) in [6.45, 7) is 3.22. The Morgan fingerprint density at radius 1 is 1.30 bits per heavy atom. The van der Waals surface area contributed by atoms with Crippen LogP contribution in [0.4, 0.5) is 11.4 Å². The number of aryl methyl sites for hydroxylation is 1. The maximum atomic E-state index is 13.0. The number of aromatic nitrogens is 1. The van der Waals surface area contributed by atoms with E-state index in [-0.39, 0.29) is 16.0 Å². The van der Waals surface area contributed by atoms with Crippen molar-refractivity contribution < 1.29 is 13.2 Å². The molecule has 0 bridgehead atoms. The van der Waals surface area contributed by atoms with E-state index in [0.717, 1.165) is 4.31 Å². The lowest BCUT2D eigenvalue weighted by molar-refractivity contribution is -0.117. The van der Waals surface area contributed by atoms with Gasteiger partial charge in [0.1, 0.15) is 16.1 Å². The van der Waals surface area contributed by atoms with Crippen LogP contribution in [0.1, 0.15) is 12.5 Å². The van der Waals surface area contributed by atoms with Crippen LogP contribution in [0.15, 0.2) is 41.4 Å². The Morgan fingerprint density at radius 2 is 2.00 bits per heavy atom. The Kier molecular flexibility index (Phi) is 3.77. The Hall–Kier alpha value is -2.12. The van der Waals surface area contributed by atoms with Crippen molar-refractivity contribution in [3.05, 3.63) is 47.2 Å². The number of carbonyl (C=O) groups excluding carboxylic acids is 1. The molecule has 1 N–H and O–H groups in total. The molecule has 1 atom stereocenters. The summed E-state index contributed by atoms with van der Waals surface area (Å²) in [4.78, 5) is 16.0. The number of amides is 1. The zero-order valence-corrected chi connectivity index (χ0v) is 14.0. The second-order valence-corrected chi connectivity index (χ2v) is 7.43. The number of benzene rings is 1. The molecule has 2 heterocycles. The van der Waals surface area contributed by atoms with Gasteiger partial charge in [-0.15, -0.1) is 0 Å². The molecule has 1 aromatic carbocycles. The van der Waals surface area contributed by atoms with Gasteiger partial charge < -0.3 is 5.32 Å². The van der Waals surface area contributed by atoms with E-state index in [1.54, 1.807) is 38.1 Å². The first kappa shape index (κ1) is 15.8. The van der Waals surface area contributed by atoms with Crippen molar-refractivity contribution >= 4 is 38.9 Å². The van der Waals surface area contributed by atoms with Gasteiger partial charge in [-0.25, -0.2) is 13.4 Å². The van der Waals surface area contributed by atoms with Crippen LogP contribution in [-0.4, -0.2) is 25.4 Å². The number of pyridine rings is 1. The van der Waals surface area contributed by atoms with Crippen molar-refractivity contribution in [2.75, 3.05) is 9.62 Å². The van der Waals surface area contributed by atoms with Crippen LogP contribution in [0.5, 0.6) is 0 Å². The van der Waals surface area contributed by atoms with E-state index in [1.807, 2.05) is 0 Å². The summed E-state index contributed by atoms with van der Waals surface area (Å²) in [5.41, 5.74) is 1.43. The Bertz CT molecular complexity index is 899. The highest BCUT2D eigenvalue weighted by atomic mass is 35.5. The third-order valence-electron chi connectivity index (χ3n) is 3.68. The minimum atomic E-state index is -3.95. The highest BCUT2D eigenvalue weighted by Crippen LogP contribution is 2.36.